The standard InChI is InChI=1S/C22H18ClN5OS/c1-12(29)25-22-26-17-9-8-15-19(13-5-3-2-4-6-13)27-28(20(15)21(17)30-22)18-10-7-14(24)11-16(18)23/h2-7,10-11H,8-9,24H2,1H3,(H,25,26,29). The van der Waals surface area contributed by atoms with Crippen LogP contribution in [0.2, 0.25) is 5.02 Å². The van der Waals surface area contributed by atoms with Crippen LogP contribution in [-0.2, 0) is 17.6 Å². The minimum absolute atomic E-state index is 0.138. The number of thiazole rings is 1. The molecule has 150 valence electrons. The maximum atomic E-state index is 11.5. The fraction of sp³-hybridized carbons (Fsp3) is 0.136. The Labute approximate surface area is 182 Å². The number of rotatable bonds is 3. The summed E-state index contributed by atoms with van der Waals surface area (Å²) in [6.07, 6.45) is 1.60. The Hall–Kier alpha value is -3.16. The number of benzene rings is 2. The van der Waals surface area contributed by atoms with Gasteiger partial charge >= 0.3 is 0 Å². The van der Waals surface area contributed by atoms with Gasteiger partial charge in [0, 0.05) is 23.7 Å². The molecule has 1 aliphatic carbocycles. The van der Waals surface area contributed by atoms with E-state index in [0.717, 1.165) is 51.6 Å². The summed E-state index contributed by atoms with van der Waals surface area (Å²) >= 11 is 8.01. The largest absolute Gasteiger partial charge is 0.399 e. The molecule has 2 aromatic heterocycles. The van der Waals surface area contributed by atoms with Crippen molar-refractivity contribution in [2.24, 2.45) is 0 Å². The van der Waals surface area contributed by atoms with Crippen LogP contribution < -0.4 is 11.1 Å². The topological polar surface area (TPSA) is 85.8 Å². The highest BCUT2D eigenvalue weighted by molar-refractivity contribution is 7.19. The van der Waals surface area contributed by atoms with Crippen molar-refractivity contribution in [3.05, 3.63) is 64.8 Å². The lowest BCUT2D eigenvalue weighted by molar-refractivity contribution is -0.114. The second kappa shape index (κ2) is 7.27. The van der Waals surface area contributed by atoms with Crippen molar-refractivity contribution in [3.8, 4) is 27.5 Å². The molecule has 0 atom stereocenters. The molecule has 2 aromatic carbocycles. The highest BCUT2D eigenvalue weighted by Gasteiger charge is 2.30. The highest BCUT2D eigenvalue weighted by Crippen LogP contribution is 2.44. The van der Waals surface area contributed by atoms with Gasteiger partial charge in [0.15, 0.2) is 5.13 Å². The van der Waals surface area contributed by atoms with Crippen molar-refractivity contribution in [2.75, 3.05) is 11.1 Å². The molecule has 0 saturated carbocycles. The van der Waals surface area contributed by atoms with E-state index in [9.17, 15) is 4.79 Å². The van der Waals surface area contributed by atoms with Crippen LogP contribution in [0, 0.1) is 0 Å². The first-order valence-corrected chi connectivity index (χ1v) is 10.7. The van der Waals surface area contributed by atoms with E-state index in [-0.39, 0.29) is 5.91 Å². The molecule has 5 rings (SSSR count). The fourth-order valence-electron chi connectivity index (χ4n) is 3.77. The van der Waals surface area contributed by atoms with E-state index in [2.05, 4.69) is 22.4 Å². The second-order valence-corrected chi connectivity index (χ2v) is 8.55. The summed E-state index contributed by atoms with van der Waals surface area (Å²) in [6.45, 7) is 1.48. The van der Waals surface area contributed by atoms with Gasteiger partial charge in [-0.05, 0) is 31.0 Å². The zero-order valence-electron chi connectivity index (χ0n) is 16.1. The van der Waals surface area contributed by atoms with Gasteiger partial charge in [0.2, 0.25) is 5.91 Å². The highest BCUT2D eigenvalue weighted by atomic mass is 35.5. The summed E-state index contributed by atoms with van der Waals surface area (Å²) in [7, 11) is 0. The summed E-state index contributed by atoms with van der Waals surface area (Å²) < 4.78 is 1.88. The fourth-order valence-corrected chi connectivity index (χ4v) is 5.16. The van der Waals surface area contributed by atoms with Crippen molar-refractivity contribution in [1.82, 2.24) is 14.8 Å². The van der Waals surface area contributed by atoms with E-state index >= 15 is 0 Å². The smallest absolute Gasteiger partial charge is 0.223 e. The molecule has 2 heterocycles. The van der Waals surface area contributed by atoms with Crippen LogP contribution in [0.25, 0.3) is 27.5 Å². The van der Waals surface area contributed by atoms with Crippen molar-refractivity contribution < 1.29 is 4.79 Å². The van der Waals surface area contributed by atoms with E-state index in [0.29, 0.717) is 15.8 Å². The van der Waals surface area contributed by atoms with E-state index in [1.807, 2.05) is 35.0 Å². The van der Waals surface area contributed by atoms with Gasteiger partial charge in [-0.1, -0.05) is 53.3 Å². The van der Waals surface area contributed by atoms with E-state index < -0.39 is 0 Å². The number of halogens is 1. The number of amides is 1. The van der Waals surface area contributed by atoms with Crippen LogP contribution in [0.4, 0.5) is 10.8 Å². The Bertz CT molecular complexity index is 1280. The summed E-state index contributed by atoms with van der Waals surface area (Å²) in [5.41, 5.74) is 12.3. The number of aromatic nitrogens is 3. The van der Waals surface area contributed by atoms with Crippen LogP contribution in [0.15, 0.2) is 48.5 Å². The molecule has 30 heavy (non-hydrogen) atoms. The number of hydrogen-bond acceptors (Lipinski definition) is 5. The molecule has 1 aliphatic rings. The average Bonchev–Trinajstić information content (AvgIpc) is 3.29. The molecule has 0 radical (unpaired) electrons. The van der Waals surface area contributed by atoms with Gasteiger partial charge < -0.3 is 11.1 Å². The van der Waals surface area contributed by atoms with E-state index in [1.54, 1.807) is 6.07 Å². The molecule has 4 aromatic rings. The van der Waals surface area contributed by atoms with Gasteiger partial charge in [-0.2, -0.15) is 5.10 Å². The number of carbonyl (C=O) groups excluding carboxylic acids is 1. The maximum Gasteiger partial charge on any atom is 0.223 e. The van der Waals surface area contributed by atoms with Crippen molar-refractivity contribution >= 4 is 39.7 Å². The Morgan fingerprint density at radius 3 is 2.73 bits per heavy atom. The number of nitrogens with two attached hydrogens (primary N) is 1. The predicted octanol–water partition coefficient (Wildman–Crippen LogP) is 4.96. The van der Waals surface area contributed by atoms with Gasteiger partial charge in [-0.25, -0.2) is 9.67 Å². The van der Waals surface area contributed by atoms with Crippen LogP contribution in [-0.4, -0.2) is 20.7 Å². The zero-order valence-corrected chi connectivity index (χ0v) is 17.7. The number of nitrogens with zero attached hydrogens (tertiary/aromatic N) is 3. The molecule has 8 heteroatoms. The number of hydrogen-bond donors (Lipinski definition) is 2. The number of aryl methyl sites for hydroxylation is 1. The lowest BCUT2D eigenvalue weighted by atomic mass is 9.95. The van der Waals surface area contributed by atoms with Gasteiger partial charge in [0.25, 0.3) is 0 Å². The number of carbonyl (C=O) groups is 1. The van der Waals surface area contributed by atoms with Crippen LogP contribution in [0.1, 0.15) is 18.2 Å². The third kappa shape index (κ3) is 3.16. The number of fused-ring (bicyclic) bond motifs is 3. The summed E-state index contributed by atoms with van der Waals surface area (Å²) in [5.74, 6) is -0.138. The van der Waals surface area contributed by atoms with Gasteiger partial charge in [0.1, 0.15) is 0 Å². The predicted molar refractivity (Wildman–Crippen MR) is 121 cm³/mol. The molecule has 3 N–H and O–H groups in total. The number of nitrogens with one attached hydrogen (secondary N) is 1. The van der Waals surface area contributed by atoms with Crippen molar-refractivity contribution in [2.45, 2.75) is 19.8 Å². The number of nitrogen functional groups attached to an aromatic ring is 1. The van der Waals surface area contributed by atoms with Gasteiger partial charge in [-0.15, -0.1) is 0 Å². The van der Waals surface area contributed by atoms with Crippen molar-refractivity contribution in [3.63, 3.8) is 0 Å². The average molecular weight is 436 g/mol. The lowest BCUT2D eigenvalue weighted by Gasteiger charge is -2.15. The van der Waals surface area contributed by atoms with Crippen molar-refractivity contribution in [1.29, 1.82) is 0 Å². The van der Waals surface area contributed by atoms with Crippen LogP contribution >= 0.6 is 22.9 Å². The van der Waals surface area contributed by atoms with E-state index in [1.165, 1.54) is 18.3 Å². The molecular formula is C22H18ClN5OS. The summed E-state index contributed by atoms with van der Waals surface area (Å²) in [6, 6.07) is 15.5. The number of anilines is 2. The Balaban J connectivity index is 1.77. The first kappa shape index (κ1) is 18.8. The third-order valence-corrected chi connectivity index (χ3v) is 6.36. The Kier molecular flexibility index (Phi) is 4.56. The maximum absolute atomic E-state index is 11.5. The zero-order chi connectivity index (χ0) is 20.8. The first-order chi connectivity index (χ1) is 14.5. The van der Waals surface area contributed by atoms with E-state index in [4.69, 9.17) is 22.4 Å². The minimum Gasteiger partial charge on any atom is -0.399 e. The molecule has 1 amide bonds. The first-order valence-electron chi connectivity index (χ1n) is 9.51. The molecule has 0 unspecified atom stereocenters. The second-order valence-electron chi connectivity index (χ2n) is 7.14. The quantitative estimate of drug-likeness (QED) is 0.445. The van der Waals surface area contributed by atoms with Gasteiger partial charge in [-0.3, -0.25) is 4.79 Å². The molecule has 6 nitrogen and oxygen atoms in total. The Morgan fingerprint density at radius 1 is 1.20 bits per heavy atom. The molecular weight excluding hydrogens is 418 g/mol. The molecule has 0 aliphatic heterocycles. The molecule has 0 saturated heterocycles. The molecule has 0 bridgehead atoms. The SMILES string of the molecule is CC(=O)Nc1nc2c(s1)-c1c(c(-c3ccccc3)nn1-c1ccc(N)cc1Cl)CC2. The Morgan fingerprint density at radius 2 is 2.00 bits per heavy atom. The summed E-state index contributed by atoms with van der Waals surface area (Å²) in [5, 5.41) is 8.90. The van der Waals surface area contributed by atoms with Crippen LogP contribution in [0.3, 0.4) is 0 Å². The normalized spacial score (nSPS) is 12.3. The monoisotopic (exact) mass is 435 g/mol. The molecule has 0 spiro atoms. The summed E-state index contributed by atoms with van der Waals surface area (Å²) in [4.78, 5) is 17.2. The molecule has 0 fully saturated rings. The van der Waals surface area contributed by atoms with Crippen LogP contribution in [0.5, 0.6) is 0 Å². The minimum atomic E-state index is -0.138. The third-order valence-electron chi connectivity index (χ3n) is 5.04. The van der Waals surface area contributed by atoms with Gasteiger partial charge in [0.05, 0.1) is 32.7 Å². The lowest BCUT2D eigenvalue weighted by Crippen LogP contribution is -2.07.